The Balaban J connectivity index is 1.85. The van der Waals surface area contributed by atoms with Crippen LogP contribution < -0.4 is 10.5 Å². The molecule has 0 radical (unpaired) electrons. The maximum atomic E-state index is 11.5. The van der Waals surface area contributed by atoms with Crippen LogP contribution in [0.25, 0.3) is 0 Å². The van der Waals surface area contributed by atoms with Gasteiger partial charge in [0.15, 0.2) is 0 Å². The second-order valence-corrected chi connectivity index (χ2v) is 6.56. The Labute approximate surface area is 155 Å². The van der Waals surface area contributed by atoms with Crippen molar-refractivity contribution in [2.45, 2.75) is 32.8 Å². The third-order valence-corrected chi connectivity index (χ3v) is 3.02. The highest BCUT2D eigenvalue weighted by molar-refractivity contribution is 5.69. The van der Waals surface area contributed by atoms with Gasteiger partial charge in [-0.3, -0.25) is 4.79 Å². The molecule has 7 nitrogen and oxygen atoms in total. The quantitative estimate of drug-likeness (QED) is 0.324. The van der Waals surface area contributed by atoms with Crippen molar-refractivity contribution < 1.29 is 28.5 Å². The fraction of sp³-hybridized carbons (Fsp3) is 0.632. The highest BCUT2D eigenvalue weighted by Gasteiger charge is 2.15. The lowest BCUT2D eigenvalue weighted by molar-refractivity contribution is -0.156. The minimum Gasteiger partial charge on any atom is -0.489 e. The molecule has 0 saturated heterocycles. The summed E-state index contributed by atoms with van der Waals surface area (Å²) in [5, 5.41) is 0. The molecule has 0 aliphatic carbocycles. The summed E-state index contributed by atoms with van der Waals surface area (Å²) in [6, 6.07) is 7.34. The molecule has 148 valence electrons. The number of nitrogen functional groups attached to an aromatic ring is 1. The second-order valence-electron chi connectivity index (χ2n) is 6.56. The van der Waals surface area contributed by atoms with Gasteiger partial charge in [-0.25, -0.2) is 0 Å². The number of ether oxygens (including phenoxy) is 5. The summed E-state index contributed by atoms with van der Waals surface area (Å²) < 4.78 is 26.8. The largest absolute Gasteiger partial charge is 0.489 e. The van der Waals surface area contributed by atoms with Gasteiger partial charge in [0.05, 0.1) is 51.7 Å². The predicted molar refractivity (Wildman–Crippen MR) is 99.3 cm³/mol. The van der Waals surface area contributed by atoms with Crippen LogP contribution in [0.5, 0.6) is 5.75 Å². The van der Waals surface area contributed by atoms with E-state index in [2.05, 4.69) is 0 Å². The SMILES string of the molecule is CC(C)(C)OC(=O)CCOCCOCCOCCOc1ccccc1N. The van der Waals surface area contributed by atoms with Crippen LogP contribution in [-0.2, 0) is 23.7 Å². The van der Waals surface area contributed by atoms with Gasteiger partial charge in [-0.1, -0.05) is 12.1 Å². The van der Waals surface area contributed by atoms with Crippen molar-refractivity contribution in [1.29, 1.82) is 0 Å². The van der Waals surface area contributed by atoms with Crippen molar-refractivity contribution in [1.82, 2.24) is 0 Å². The van der Waals surface area contributed by atoms with E-state index in [1.165, 1.54) is 0 Å². The first-order valence-electron chi connectivity index (χ1n) is 8.81. The van der Waals surface area contributed by atoms with Gasteiger partial charge in [-0.05, 0) is 32.9 Å². The van der Waals surface area contributed by atoms with Gasteiger partial charge in [-0.2, -0.15) is 0 Å². The van der Waals surface area contributed by atoms with E-state index in [0.29, 0.717) is 57.7 Å². The summed E-state index contributed by atoms with van der Waals surface area (Å²) in [6.07, 6.45) is 0.242. The maximum absolute atomic E-state index is 11.5. The normalized spacial score (nSPS) is 11.3. The molecule has 0 heterocycles. The first-order chi connectivity index (χ1) is 12.4. The maximum Gasteiger partial charge on any atom is 0.308 e. The Morgan fingerprint density at radius 2 is 1.42 bits per heavy atom. The van der Waals surface area contributed by atoms with Crippen molar-refractivity contribution in [2.24, 2.45) is 0 Å². The van der Waals surface area contributed by atoms with Gasteiger partial charge in [0, 0.05) is 0 Å². The van der Waals surface area contributed by atoms with Crippen LogP contribution in [0.1, 0.15) is 27.2 Å². The van der Waals surface area contributed by atoms with Gasteiger partial charge >= 0.3 is 5.97 Å². The van der Waals surface area contributed by atoms with Crippen molar-refractivity contribution in [3.63, 3.8) is 0 Å². The van der Waals surface area contributed by atoms with E-state index < -0.39 is 5.60 Å². The van der Waals surface area contributed by atoms with Crippen LogP contribution in [0.2, 0.25) is 0 Å². The molecule has 0 amide bonds. The smallest absolute Gasteiger partial charge is 0.308 e. The summed E-state index contributed by atoms with van der Waals surface area (Å²) in [4.78, 5) is 11.5. The summed E-state index contributed by atoms with van der Waals surface area (Å²) in [5.41, 5.74) is 5.93. The fourth-order valence-electron chi connectivity index (χ4n) is 1.91. The van der Waals surface area contributed by atoms with Crippen LogP contribution >= 0.6 is 0 Å². The Morgan fingerprint density at radius 3 is 2.00 bits per heavy atom. The molecule has 0 bridgehead atoms. The monoisotopic (exact) mass is 369 g/mol. The Kier molecular flexibility index (Phi) is 10.7. The van der Waals surface area contributed by atoms with Gasteiger partial charge < -0.3 is 29.4 Å². The number of benzene rings is 1. The predicted octanol–water partition coefficient (Wildman–Crippen LogP) is 2.43. The third kappa shape index (κ3) is 11.7. The number of esters is 1. The van der Waals surface area contributed by atoms with Crippen LogP contribution in [-0.4, -0.2) is 57.8 Å². The molecular formula is C19H31NO6. The second kappa shape index (κ2) is 12.5. The molecule has 0 saturated carbocycles. The molecule has 2 N–H and O–H groups in total. The van der Waals surface area contributed by atoms with Gasteiger partial charge in [0.1, 0.15) is 18.0 Å². The fourth-order valence-corrected chi connectivity index (χ4v) is 1.91. The molecule has 7 heteroatoms. The van der Waals surface area contributed by atoms with Crippen LogP contribution in [0.4, 0.5) is 5.69 Å². The topological polar surface area (TPSA) is 89.2 Å². The number of carbonyl (C=O) groups is 1. The Hall–Kier alpha value is -1.83. The summed E-state index contributed by atoms with van der Waals surface area (Å²) in [6.45, 7) is 8.57. The van der Waals surface area contributed by atoms with Crippen LogP contribution in [0.3, 0.4) is 0 Å². The van der Waals surface area contributed by atoms with Crippen molar-refractivity contribution in [3.8, 4) is 5.75 Å². The minimum absolute atomic E-state index is 0.242. The molecule has 0 unspecified atom stereocenters. The number of rotatable bonds is 13. The number of hydrogen-bond acceptors (Lipinski definition) is 7. The average molecular weight is 369 g/mol. The molecule has 1 aromatic carbocycles. The molecule has 1 rings (SSSR count). The minimum atomic E-state index is -0.459. The third-order valence-electron chi connectivity index (χ3n) is 3.02. The highest BCUT2D eigenvalue weighted by atomic mass is 16.6. The molecule has 0 aliphatic heterocycles. The number of para-hydroxylation sites is 2. The number of nitrogens with two attached hydrogens (primary N) is 1. The zero-order valence-electron chi connectivity index (χ0n) is 16.0. The zero-order chi connectivity index (χ0) is 19.3. The molecule has 1 aromatic rings. The standard InChI is InChI=1S/C19H31NO6/c1-19(2,3)26-18(21)8-9-22-10-11-23-12-13-24-14-15-25-17-7-5-4-6-16(17)20/h4-7H,8-15,20H2,1-3H3. The molecular weight excluding hydrogens is 338 g/mol. The van der Waals surface area contributed by atoms with E-state index in [0.717, 1.165) is 0 Å². The first kappa shape index (κ1) is 22.2. The summed E-state index contributed by atoms with van der Waals surface area (Å²) in [7, 11) is 0. The highest BCUT2D eigenvalue weighted by Crippen LogP contribution is 2.19. The molecule has 0 aliphatic rings. The van der Waals surface area contributed by atoms with Gasteiger partial charge in [0.25, 0.3) is 0 Å². The summed E-state index contributed by atoms with van der Waals surface area (Å²) in [5.74, 6) is 0.405. The number of carbonyl (C=O) groups excluding carboxylic acids is 1. The van der Waals surface area contributed by atoms with E-state index in [1.54, 1.807) is 6.07 Å². The van der Waals surface area contributed by atoms with Gasteiger partial charge in [0.2, 0.25) is 0 Å². The molecule has 0 fully saturated rings. The van der Waals surface area contributed by atoms with E-state index in [4.69, 9.17) is 29.4 Å². The summed E-state index contributed by atoms with van der Waals surface area (Å²) >= 11 is 0. The van der Waals surface area contributed by atoms with E-state index in [1.807, 2.05) is 39.0 Å². The van der Waals surface area contributed by atoms with Crippen molar-refractivity contribution in [2.75, 3.05) is 52.0 Å². The Morgan fingerprint density at radius 1 is 0.885 bits per heavy atom. The number of anilines is 1. The van der Waals surface area contributed by atoms with E-state index in [-0.39, 0.29) is 12.4 Å². The molecule has 26 heavy (non-hydrogen) atoms. The zero-order valence-corrected chi connectivity index (χ0v) is 16.0. The average Bonchev–Trinajstić information content (AvgIpc) is 2.55. The molecule has 0 spiro atoms. The molecule has 0 aromatic heterocycles. The van der Waals surface area contributed by atoms with Crippen molar-refractivity contribution in [3.05, 3.63) is 24.3 Å². The number of hydrogen-bond donors (Lipinski definition) is 1. The van der Waals surface area contributed by atoms with Gasteiger partial charge in [-0.15, -0.1) is 0 Å². The lowest BCUT2D eigenvalue weighted by Gasteiger charge is -2.19. The molecule has 0 atom stereocenters. The first-order valence-corrected chi connectivity index (χ1v) is 8.81. The van der Waals surface area contributed by atoms with E-state index in [9.17, 15) is 4.79 Å². The van der Waals surface area contributed by atoms with Crippen molar-refractivity contribution >= 4 is 11.7 Å². The lowest BCUT2D eigenvalue weighted by Crippen LogP contribution is -2.24. The van der Waals surface area contributed by atoms with E-state index >= 15 is 0 Å². The lowest BCUT2D eigenvalue weighted by atomic mass is 10.2. The Bertz CT molecular complexity index is 515. The van der Waals surface area contributed by atoms with Crippen LogP contribution in [0.15, 0.2) is 24.3 Å². The van der Waals surface area contributed by atoms with Crippen LogP contribution in [0, 0.1) is 0 Å².